The monoisotopic (exact) mass is 475 g/mol. The van der Waals surface area contributed by atoms with E-state index < -0.39 is 5.91 Å². The number of nitrogens with zero attached hydrogens (tertiary/aromatic N) is 3. The number of aryl methyl sites for hydroxylation is 1. The van der Waals surface area contributed by atoms with Crippen molar-refractivity contribution < 1.29 is 19.7 Å². The van der Waals surface area contributed by atoms with Crippen molar-refractivity contribution in [1.82, 2.24) is 9.97 Å². The number of rotatable bonds is 6. The molecule has 0 unspecified atom stereocenters. The third-order valence-corrected chi connectivity index (χ3v) is 5.54. The van der Waals surface area contributed by atoms with Crippen LogP contribution >= 0.6 is 11.6 Å². The summed E-state index contributed by atoms with van der Waals surface area (Å²) < 4.78 is 5.39. The van der Waals surface area contributed by atoms with Crippen molar-refractivity contribution in [2.45, 2.75) is 13.5 Å². The predicted octanol–water partition coefficient (Wildman–Crippen LogP) is 5.37. The largest absolute Gasteiger partial charge is 0.508 e. The highest BCUT2D eigenvalue weighted by Crippen LogP contribution is 2.34. The van der Waals surface area contributed by atoms with Gasteiger partial charge in [0.05, 0.1) is 25.4 Å². The average Bonchev–Trinajstić information content (AvgIpc) is 2.83. The molecule has 34 heavy (non-hydrogen) atoms. The molecule has 0 spiro atoms. The van der Waals surface area contributed by atoms with Gasteiger partial charge < -0.3 is 19.8 Å². The molecule has 0 aliphatic rings. The molecule has 0 bridgehead atoms. The van der Waals surface area contributed by atoms with Crippen LogP contribution in [-0.4, -0.2) is 33.2 Å². The standard InChI is InChI=1S/C26H22ClN3O4/c1-16-12-18(8-10-20(16)24-23(34-2)14-28-26(27)29-24)30(15-17-6-4-3-5-7-17)25(33)21-11-9-19(31)13-22(21)32/h3-14,31-32H,15H2,1-2H3. The summed E-state index contributed by atoms with van der Waals surface area (Å²) in [6.45, 7) is 2.18. The quantitative estimate of drug-likeness (QED) is 0.364. The summed E-state index contributed by atoms with van der Waals surface area (Å²) in [7, 11) is 1.53. The van der Waals surface area contributed by atoms with E-state index in [2.05, 4.69) is 9.97 Å². The molecule has 4 aromatic rings. The van der Waals surface area contributed by atoms with Gasteiger partial charge >= 0.3 is 0 Å². The van der Waals surface area contributed by atoms with E-state index in [9.17, 15) is 15.0 Å². The first-order valence-electron chi connectivity index (χ1n) is 10.4. The molecule has 1 amide bonds. The fourth-order valence-electron chi connectivity index (χ4n) is 3.67. The van der Waals surface area contributed by atoms with Crippen molar-refractivity contribution in [2.75, 3.05) is 12.0 Å². The molecule has 8 heteroatoms. The highest BCUT2D eigenvalue weighted by Gasteiger charge is 2.23. The topological polar surface area (TPSA) is 95.8 Å². The first kappa shape index (κ1) is 23.1. The van der Waals surface area contributed by atoms with Crippen molar-refractivity contribution in [3.63, 3.8) is 0 Å². The molecule has 0 saturated heterocycles. The maximum Gasteiger partial charge on any atom is 0.262 e. The number of halogens is 1. The number of methoxy groups -OCH3 is 1. The number of carbonyl (C=O) groups excluding carboxylic acids is 1. The molecule has 7 nitrogen and oxygen atoms in total. The van der Waals surface area contributed by atoms with Crippen molar-refractivity contribution in [2.24, 2.45) is 0 Å². The van der Waals surface area contributed by atoms with Gasteiger partial charge in [-0.3, -0.25) is 4.79 Å². The van der Waals surface area contributed by atoms with Crippen LogP contribution in [0.2, 0.25) is 5.28 Å². The van der Waals surface area contributed by atoms with Crippen molar-refractivity contribution in [1.29, 1.82) is 0 Å². The van der Waals surface area contributed by atoms with Crippen molar-refractivity contribution >= 4 is 23.2 Å². The van der Waals surface area contributed by atoms with Gasteiger partial charge in [-0.1, -0.05) is 36.4 Å². The second-order valence-corrected chi connectivity index (χ2v) is 7.97. The molecule has 1 heterocycles. The summed E-state index contributed by atoms with van der Waals surface area (Å²) in [6.07, 6.45) is 1.51. The maximum atomic E-state index is 13.5. The van der Waals surface area contributed by atoms with E-state index in [1.807, 2.05) is 49.4 Å². The molecule has 172 valence electrons. The van der Waals surface area contributed by atoms with Crippen LogP contribution in [0.15, 0.2) is 72.9 Å². The zero-order valence-corrected chi connectivity index (χ0v) is 19.3. The molecule has 0 saturated carbocycles. The molecule has 0 fully saturated rings. The number of aromatic nitrogens is 2. The fourth-order valence-corrected chi connectivity index (χ4v) is 3.80. The zero-order valence-electron chi connectivity index (χ0n) is 18.6. The average molecular weight is 476 g/mol. The van der Waals surface area contributed by atoms with Gasteiger partial charge in [0.2, 0.25) is 5.28 Å². The number of amides is 1. The maximum absolute atomic E-state index is 13.5. The van der Waals surface area contributed by atoms with Crippen LogP contribution in [0, 0.1) is 6.92 Å². The Morgan fingerprint density at radius 3 is 2.50 bits per heavy atom. The van der Waals surface area contributed by atoms with E-state index in [1.165, 1.54) is 25.4 Å². The van der Waals surface area contributed by atoms with E-state index in [1.54, 1.807) is 11.0 Å². The second kappa shape index (κ2) is 9.80. The Bertz CT molecular complexity index is 1350. The van der Waals surface area contributed by atoms with Gasteiger partial charge in [0.15, 0.2) is 5.75 Å². The normalized spacial score (nSPS) is 10.7. The van der Waals surface area contributed by atoms with Crippen LogP contribution in [0.5, 0.6) is 17.2 Å². The SMILES string of the molecule is COc1cnc(Cl)nc1-c1ccc(N(Cc2ccccc2)C(=O)c2ccc(O)cc2O)cc1C. The lowest BCUT2D eigenvalue weighted by Crippen LogP contribution is -2.30. The first-order chi connectivity index (χ1) is 16.4. The molecule has 3 aromatic carbocycles. The Morgan fingerprint density at radius 1 is 1.06 bits per heavy atom. The van der Waals surface area contributed by atoms with Gasteiger partial charge in [-0.25, -0.2) is 9.97 Å². The van der Waals surface area contributed by atoms with Crippen LogP contribution in [0.4, 0.5) is 5.69 Å². The fraction of sp³-hybridized carbons (Fsp3) is 0.115. The summed E-state index contributed by atoms with van der Waals surface area (Å²) in [5, 5.41) is 20.0. The van der Waals surface area contributed by atoms with E-state index in [4.69, 9.17) is 16.3 Å². The minimum Gasteiger partial charge on any atom is -0.508 e. The van der Waals surface area contributed by atoms with Crippen LogP contribution in [0.3, 0.4) is 0 Å². The van der Waals surface area contributed by atoms with Gasteiger partial charge in [-0.05, 0) is 53.9 Å². The Labute approximate surface area is 201 Å². The van der Waals surface area contributed by atoms with Crippen LogP contribution in [-0.2, 0) is 6.54 Å². The predicted molar refractivity (Wildman–Crippen MR) is 130 cm³/mol. The molecule has 0 aliphatic carbocycles. The van der Waals surface area contributed by atoms with Gasteiger partial charge in [-0.15, -0.1) is 0 Å². The number of anilines is 1. The Balaban J connectivity index is 1.78. The first-order valence-corrected chi connectivity index (χ1v) is 10.8. The number of hydrogen-bond donors (Lipinski definition) is 2. The minimum atomic E-state index is -0.406. The number of phenolic OH excluding ortho intramolecular Hbond substituents is 2. The molecule has 2 N–H and O–H groups in total. The number of carbonyl (C=O) groups is 1. The highest BCUT2D eigenvalue weighted by atomic mass is 35.5. The van der Waals surface area contributed by atoms with E-state index >= 15 is 0 Å². The number of ether oxygens (including phenoxy) is 1. The molecule has 0 aliphatic heterocycles. The number of benzene rings is 3. The molecule has 0 radical (unpaired) electrons. The lowest BCUT2D eigenvalue weighted by molar-refractivity contribution is 0.0982. The molecular formula is C26H22ClN3O4. The summed E-state index contributed by atoms with van der Waals surface area (Å²) in [5.41, 5.74) is 3.79. The third-order valence-electron chi connectivity index (χ3n) is 5.36. The van der Waals surface area contributed by atoms with Gasteiger partial charge in [0.1, 0.15) is 17.2 Å². The van der Waals surface area contributed by atoms with Crippen molar-refractivity contribution in [3.8, 4) is 28.5 Å². The van der Waals surface area contributed by atoms with Gasteiger partial charge in [-0.2, -0.15) is 0 Å². The molecular weight excluding hydrogens is 454 g/mol. The smallest absolute Gasteiger partial charge is 0.262 e. The number of phenols is 2. The van der Waals surface area contributed by atoms with E-state index in [0.717, 1.165) is 22.8 Å². The molecule has 4 rings (SSSR count). The van der Waals surface area contributed by atoms with Gasteiger partial charge in [0, 0.05) is 17.3 Å². The Kier molecular flexibility index (Phi) is 6.65. The Morgan fingerprint density at radius 2 is 1.82 bits per heavy atom. The lowest BCUT2D eigenvalue weighted by Gasteiger charge is -2.25. The Hall–Kier alpha value is -4.10. The second-order valence-electron chi connectivity index (χ2n) is 7.63. The molecule has 1 aromatic heterocycles. The summed E-state index contributed by atoms with van der Waals surface area (Å²) >= 11 is 6.01. The zero-order chi connectivity index (χ0) is 24.2. The van der Waals surface area contributed by atoms with Crippen LogP contribution in [0.1, 0.15) is 21.5 Å². The van der Waals surface area contributed by atoms with Gasteiger partial charge in [0.25, 0.3) is 5.91 Å². The van der Waals surface area contributed by atoms with E-state index in [0.29, 0.717) is 17.1 Å². The summed E-state index contributed by atoms with van der Waals surface area (Å²) in [6, 6.07) is 19.0. The minimum absolute atomic E-state index is 0.0831. The lowest BCUT2D eigenvalue weighted by atomic mass is 10.0. The van der Waals surface area contributed by atoms with Crippen LogP contribution in [0.25, 0.3) is 11.3 Å². The number of aromatic hydroxyl groups is 2. The van der Waals surface area contributed by atoms with E-state index in [-0.39, 0.29) is 28.9 Å². The summed E-state index contributed by atoms with van der Waals surface area (Å²) in [4.78, 5) is 23.4. The summed E-state index contributed by atoms with van der Waals surface area (Å²) in [5.74, 6) is -0.347. The highest BCUT2D eigenvalue weighted by molar-refractivity contribution is 6.28. The molecule has 0 atom stereocenters. The number of hydrogen-bond acceptors (Lipinski definition) is 6. The van der Waals surface area contributed by atoms with Crippen LogP contribution < -0.4 is 9.64 Å². The third kappa shape index (κ3) is 4.79. The van der Waals surface area contributed by atoms with Crippen molar-refractivity contribution in [3.05, 3.63) is 94.9 Å².